The van der Waals surface area contributed by atoms with E-state index in [1.807, 2.05) is 75.0 Å². The molecule has 1 unspecified atom stereocenters. The summed E-state index contributed by atoms with van der Waals surface area (Å²) in [6.45, 7) is 5.95. The van der Waals surface area contributed by atoms with Crippen LogP contribution in [0.5, 0.6) is 5.75 Å². The van der Waals surface area contributed by atoms with Gasteiger partial charge in [-0.25, -0.2) is 4.39 Å². The van der Waals surface area contributed by atoms with E-state index in [0.29, 0.717) is 34.6 Å². The molecule has 0 saturated heterocycles. The quantitative estimate of drug-likeness (QED) is 0.204. The number of phenolic OH excluding ortho intramolecular Hbond substituents is 1. The number of nitrogens with one attached hydrogen (secondary N) is 1. The molecule has 8 heteroatoms. The molecule has 2 aromatic heterocycles. The molecular weight excluding hydrogens is 490 g/mol. The first-order chi connectivity index (χ1) is 17.3. The number of aryl methyl sites for hydroxylation is 4. The SMILES string of the molecule is CC.Cc1cc(O)c(-c2n[nH]c(=S)n2-c2ccc3c(ccn3C)c2)cc1CCc1ccc(P)cc1F. The Bertz CT molecular complexity index is 1600. The predicted molar refractivity (Wildman–Crippen MR) is 152 cm³/mol. The highest BCUT2D eigenvalue weighted by Crippen LogP contribution is 2.33. The van der Waals surface area contributed by atoms with Crippen molar-refractivity contribution in [3.63, 3.8) is 0 Å². The van der Waals surface area contributed by atoms with Gasteiger partial charge < -0.3 is 9.67 Å². The largest absolute Gasteiger partial charge is 0.507 e. The molecule has 0 amide bonds. The molecule has 3 aromatic carbocycles. The van der Waals surface area contributed by atoms with E-state index in [4.69, 9.17) is 12.2 Å². The molecule has 0 aliphatic heterocycles. The molecule has 2 N–H and O–H groups in total. The van der Waals surface area contributed by atoms with E-state index < -0.39 is 0 Å². The highest BCUT2D eigenvalue weighted by Gasteiger charge is 2.17. The second kappa shape index (κ2) is 10.8. The fraction of sp³-hybridized carbons (Fsp3) is 0.214. The first-order valence-electron chi connectivity index (χ1n) is 11.9. The van der Waals surface area contributed by atoms with Crippen LogP contribution in [-0.4, -0.2) is 24.4 Å². The summed E-state index contributed by atoms with van der Waals surface area (Å²) in [6, 6.07) is 17.0. The summed E-state index contributed by atoms with van der Waals surface area (Å²) in [4.78, 5) is 0. The van der Waals surface area contributed by atoms with Gasteiger partial charge in [-0.3, -0.25) is 9.67 Å². The summed E-state index contributed by atoms with van der Waals surface area (Å²) < 4.78 is 18.7. The van der Waals surface area contributed by atoms with E-state index in [9.17, 15) is 9.50 Å². The highest BCUT2D eigenvalue weighted by molar-refractivity contribution is 7.71. The summed E-state index contributed by atoms with van der Waals surface area (Å²) in [5.41, 5.74) is 5.16. The zero-order valence-electron chi connectivity index (χ0n) is 20.8. The number of aromatic nitrogens is 4. The van der Waals surface area contributed by atoms with Crippen molar-refractivity contribution in [1.29, 1.82) is 0 Å². The second-order valence-electron chi connectivity index (χ2n) is 8.50. The van der Waals surface area contributed by atoms with Gasteiger partial charge in [-0.15, -0.1) is 9.24 Å². The number of fused-ring (bicyclic) bond motifs is 1. The van der Waals surface area contributed by atoms with Gasteiger partial charge in [0.2, 0.25) is 0 Å². The Morgan fingerprint density at radius 3 is 2.53 bits per heavy atom. The Morgan fingerprint density at radius 1 is 1.03 bits per heavy atom. The van der Waals surface area contributed by atoms with E-state index in [2.05, 4.69) is 30.1 Å². The lowest BCUT2D eigenvalue weighted by atomic mass is 9.97. The summed E-state index contributed by atoms with van der Waals surface area (Å²) in [5.74, 6) is 0.440. The molecule has 0 saturated carbocycles. The van der Waals surface area contributed by atoms with Gasteiger partial charge in [0.15, 0.2) is 10.6 Å². The van der Waals surface area contributed by atoms with E-state index in [1.165, 1.54) is 6.07 Å². The van der Waals surface area contributed by atoms with Crippen molar-refractivity contribution in [3.05, 3.63) is 88.1 Å². The Labute approximate surface area is 217 Å². The number of rotatable bonds is 5. The molecule has 36 heavy (non-hydrogen) atoms. The normalized spacial score (nSPS) is 10.9. The predicted octanol–water partition coefficient (Wildman–Crippen LogP) is 6.55. The molecule has 0 aliphatic carbocycles. The van der Waals surface area contributed by atoms with Crippen LogP contribution in [0.4, 0.5) is 4.39 Å². The molecule has 0 radical (unpaired) electrons. The third kappa shape index (κ3) is 4.99. The monoisotopic (exact) mass is 520 g/mol. The molecule has 5 nitrogen and oxygen atoms in total. The molecule has 5 aromatic rings. The first kappa shape index (κ1) is 25.8. The Hall–Kier alpha value is -3.28. The van der Waals surface area contributed by atoms with Crippen LogP contribution in [0.2, 0.25) is 0 Å². The van der Waals surface area contributed by atoms with Crippen molar-refractivity contribution in [3.8, 4) is 22.8 Å². The average molecular weight is 521 g/mol. The van der Waals surface area contributed by atoms with Crippen LogP contribution in [0.25, 0.3) is 28.0 Å². The van der Waals surface area contributed by atoms with Crippen LogP contribution in [-0.2, 0) is 19.9 Å². The fourth-order valence-electron chi connectivity index (χ4n) is 4.35. The standard InChI is InChI=1S/C26H24FN4OPS.C2H6/c1-15-11-24(32)21(13-17(15)4-3-16-5-7-20(33)14-22(16)27)25-28-29-26(34)31(25)19-6-8-23-18(12-19)9-10-30(23)2;1-2/h5-14,32H,3-4,33H2,1-2H3,(H,29,34);1-2H3. The van der Waals surface area contributed by atoms with Crippen molar-refractivity contribution in [2.75, 3.05) is 0 Å². The second-order valence-corrected chi connectivity index (χ2v) is 9.56. The van der Waals surface area contributed by atoms with Crippen molar-refractivity contribution in [2.45, 2.75) is 33.6 Å². The molecular formula is C28H30FN4OPS. The minimum absolute atomic E-state index is 0.121. The minimum atomic E-state index is -0.207. The maximum Gasteiger partial charge on any atom is 0.200 e. The molecule has 5 rings (SSSR count). The average Bonchev–Trinajstić information content (AvgIpc) is 3.42. The number of benzene rings is 3. The number of hydrogen-bond donors (Lipinski definition) is 2. The molecule has 0 aliphatic rings. The number of aromatic hydroxyl groups is 1. The first-order valence-corrected chi connectivity index (χ1v) is 12.9. The van der Waals surface area contributed by atoms with Crippen LogP contribution in [0.15, 0.2) is 60.8 Å². The number of aromatic amines is 1. The number of hydrogen-bond acceptors (Lipinski definition) is 3. The minimum Gasteiger partial charge on any atom is -0.507 e. The molecule has 0 fully saturated rings. The Balaban J connectivity index is 0.00000148. The topological polar surface area (TPSA) is 58.8 Å². The van der Waals surface area contributed by atoms with Crippen LogP contribution in [0.1, 0.15) is 30.5 Å². The Morgan fingerprint density at radius 2 is 1.78 bits per heavy atom. The van der Waals surface area contributed by atoms with Crippen LogP contribution in [0.3, 0.4) is 0 Å². The number of H-pyrrole nitrogens is 1. The third-order valence-electron chi connectivity index (χ3n) is 6.24. The zero-order valence-corrected chi connectivity index (χ0v) is 22.8. The number of nitrogens with zero attached hydrogens (tertiary/aromatic N) is 3. The van der Waals surface area contributed by atoms with Crippen molar-refractivity contribution in [2.24, 2.45) is 7.05 Å². The summed E-state index contributed by atoms with van der Waals surface area (Å²) in [5, 5.41) is 20.0. The van der Waals surface area contributed by atoms with Gasteiger partial charge in [-0.1, -0.05) is 26.0 Å². The lowest BCUT2D eigenvalue weighted by Crippen LogP contribution is -2.02. The van der Waals surface area contributed by atoms with Gasteiger partial charge >= 0.3 is 0 Å². The fourth-order valence-corrected chi connectivity index (χ4v) is 4.83. The van der Waals surface area contributed by atoms with E-state index in [-0.39, 0.29) is 11.6 Å². The van der Waals surface area contributed by atoms with Crippen LogP contribution < -0.4 is 5.30 Å². The van der Waals surface area contributed by atoms with E-state index >= 15 is 0 Å². The van der Waals surface area contributed by atoms with Crippen molar-refractivity contribution >= 4 is 37.7 Å². The van der Waals surface area contributed by atoms with Crippen molar-refractivity contribution < 1.29 is 9.50 Å². The zero-order chi connectivity index (χ0) is 26.0. The van der Waals surface area contributed by atoms with Gasteiger partial charge in [-0.05, 0) is 96.4 Å². The maximum atomic E-state index is 14.3. The van der Waals surface area contributed by atoms with Crippen LogP contribution in [0, 0.1) is 17.5 Å². The van der Waals surface area contributed by atoms with E-state index in [0.717, 1.165) is 33.0 Å². The van der Waals surface area contributed by atoms with Crippen LogP contribution >= 0.6 is 21.5 Å². The van der Waals surface area contributed by atoms with Gasteiger partial charge in [0.05, 0.1) is 11.3 Å². The van der Waals surface area contributed by atoms with Gasteiger partial charge in [-0.2, -0.15) is 5.10 Å². The van der Waals surface area contributed by atoms with Gasteiger partial charge in [0.25, 0.3) is 0 Å². The summed E-state index contributed by atoms with van der Waals surface area (Å²) in [7, 11) is 4.52. The smallest absolute Gasteiger partial charge is 0.200 e. The molecule has 1 atom stereocenters. The third-order valence-corrected chi connectivity index (χ3v) is 6.87. The molecule has 186 valence electrons. The molecule has 2 heterocycles. The summed E-state index contributed by atoms with van der Waals surface area (Å²) in [6.07, 6.45) is 3.20. The number of phenols is 1. The highest BCUT2D eigenvalue weighted by atomic mass is 32.1. The van der Waals surface area contributed by atoms with Crippen molar-refractivity contribution in [1.82, 2.24) is 19.3 Å². The molecule has 0 spiro atoms. The molecule has 0 bridgehead atoms. The Kier molecular flexibility index (Phi) is 7.72. The van der Waals surface area contributed by atoms with Gasteiger partial charge in [0, 0.05) is 24.1 Å². The maximum absolute atomic E-state index is 14.3. The lowest BCUT2D eigenvalue weighted by Gasteiger charge is -2.13. The number of halogens is 1. The van der Waals surface area contributed by atoms with E-state index in [1.54, 1.807) is 6.07 Å². The summed E-state index contributed by atoms with van der Waals surface area (Å²) >= 11 is 5.54. The lowest BCUT2D eigenvalue weighted by molar-refractivity contribution is 0.476. The van der Waals surface area contributed by atoms with Gasteiger partial charge in [0.1, 0.15) is 11.6 Å².